The molecule has 2 heterocycles. The number of aromatic nitrogens is 3. The van der Waals surface area contributed by atoms with Crippen molar-refractivity contribution in [3.05, 3.63) is 59.8 Å². The van der Waals surface area contributed by atoms with E-state index in [1.807, 2.05) is 31.2 Å². The number of nitriles is 1. The maximum Gasteiger partial charge on any atom is 0.355 e. The van der Waals surface area contributed by atoms with Crippen molar-refractivity contribution in [3.63, 3.8) is 0 Å². The van der Waals surface area contributed by atoms with Crippen LogP contribution in [0.15, 0.2) is 42.9 Å². The molecule has 0 aliphatic heterocycles. The van der Waals surface area contributed by atoms with E-state index in [1.165, 1.54) is 0 Å². The first-order valence-corrected chi connectivity index (χ1v) is 8.77. The highest BCUT2D eigenvalue weighted by Gasteiger charge is 2.26. The molecular weight excluding hydrogens is 340 g/mol. The van der Waals surface area contributed by atoms with Gasteiger partial charge in [0.05, 0.1) is 24.1 Å². The van der Waals surface area contributed by atoms with Crippen molar-refractivity contribution < 1.29 is 9.53 Å². The van der Waals surface area contributed by atoms with E-state index >= 15 is 0 Å². The zero-order chi connectivity index (χ0) is 19.4. The smallest absolute Gasteiger partial charge is 0.355 e. The fourth-order valence-corrected chi connectivity index (χ4v) is 3.24. The molecule has 6 nitrogen and oxygen atoms in total. The predicted octanol–water partition coefficient (Wildman–Crippen LogP) is 3.76. The largest absolute Gasteiger partial charge is 0.461 e. The molecule has 3 rings (SSSR count). The summed E-state index contributed by atoms with van der Waals surface area (Å²) in [5.41, 5.74) is 4.80. The molecule has 2 aromatic heterocycles. The number of hydrogen-bond acceptors (Lipinski definition) is 5. The Morgan fingerprint density at radius 1 is 1.19 bits per heavy atom. The molecule has 1 aromatic carbocycles. The SMILES string of the molecule is CCOC(=O)c1c(-c2ccc(-c3cnccn3)cc2)c(C#N)c(CC)n1C. The van der Waals surface area contributed by atoms with Gasteiger partial charge in [0.15, 0.2) is 0 Å². The Balaban J connectivity index is 2.15. The molecule has 0 aliphatic carbocycles. The van der Waals surface area contributed by atoms with Crippen LogP contribution in [-0.2, 0) is 18.2 Å². The fourth-order valence-electron chi connectivity index (χ4n) is 3.24. The Labute approximate surface area is 158 Å². The van der Waals surface area contributed by atoms with Crippen LogP contribution >= 0.6 is 0 Å². The van der Waals surface area contributed by atoms with E-state index in [-0.39, 0.29) is 6.61 Å². The van der Waals surface area contributed by atoms with Crippen molar-refractivity contribution in [1.29, 1.82) is 5.26 Å². The maximum atomic E-state index is 12.6. The molecule has 0 fully saturated rings. The van der Waals surface area contributed by atoms with E-state index in [0.29, 0.717) is 23.2 Å². The van der Waals surface area contributed by atoms with Crippen LogP contribution in [0.25, 0.3) is 22.4 Å². The molecule has 0 bridgehead atoms. The van der Waals surface area contributed by atoms with Crippen molar-refractivity contribution in [1.82, 2.24) is 14.5 Å². The molecule has 136 valence electrons. The monoisotopic (exact) mass is 360 g/mol. The highest BCUT2D eigenvalue weighted by Crippen LogP contribution is 2.34. The number of hydrogen-bond donors (Lipinski definition) is 0. The Morgan fingerprint density at radius 3 is 2.44 bits per heavy atom. The maximum absolute atomic E-state index is 12.6. The van der Waals surface area contributed by atoms with Gasteiger partial charge in [0.1, 0.15) is 11.8 Å². The van der Waals surface area contributed by atoms with E-state index in [9.17, 15) is 10.1 Å². The first-order chi connectivity index (χ1) is 13.1. The van der Waals surface area contributed by atoms with Crippen LogP contribution < -0.4 is 0 Å². The second-order valence-corrected chi connectivity index (χ2v) is 5.96. The third-order valence-corrected chi connectivity index (χ3v) is 4.46. The Morgan fingerprint density at radius 2 is 1.89 bits per heavy atom. The van der Waals surface area contributed by atoms with Gasteiger partial charge >= 0.3 is 5.97 Å². The van der Waals surface area contributed by atoms with Gasteiger partial charge in [0.25, 0.3) is 0 Å². The molecule has 0 atom stereocenters. The van der Waals surface area contributed by atoms with Crippen LogP contribution in [0, 0.1) is 11.3 Å². The average molecular weight is 360 g/mol. The summed E-state index contributed by atoms with van der Waals surface area (Å²) < 4.78 is 7.00. The summed E-state index contributed by atoms with van der Waals surface area (Å²) in [4.78, 5) is 21.0. The molecule has 0 unspecified atom stereocenters. The average Bonchev–Trinajstić information content (AvgIpc) is 3.00. The number of carbonyl (C=O) groups is 1. The fraction of sp³-hybridized carbons (Fsp3) is 0.238. The van der Waals surface area contributed by atoms with Crippen LogP contribution in [0.5, 0.6) is 0 Å². The molecule has 3 aromatic rings. The number of esters is 1. The summed E-state index contributed by atoms with van der Waals surface area (Å²) in [7, 11) is 1.79. The number of benzene rings is 1. The van der Waals surface area contributed by atoms with Gasteiger partial charge in [-0.2, -0.15) is 5.26 Å². The van der Waals surface area contributed by atoms with Gasteiger partial charge in [0.2, 0.25) is 0 Å². The zero-order valence-electron chi connectivity index (χ0n) is 15.6. The molecule has 27 heavy (non-hydrogen) atoms. The molecule has 6 heteroatoms. The van der Waals surface area contributed by atoms with Crippen LogP contribution in [0.4, 0.5) is 0 Å². The van der Waals surface area contributed by atoms with Crippen LogP contribution in [0.2, 0.25) is 0 Å². The Bertz CT molecular complexity index is 999. The highest BCUT2D eigenvalue weighted by atomic mass is 16.5. The molecule has 0 saturated carbocycles. The lowest BCUT2D eigenvalue weighted by molar-refractivity contribution is 0.0516. The third kappa shape index (κ3) is 3.32. The van der Waals surface area contributed by atoms with Crippen LogP contribution in [0.1, 0.15) is 35.6 Å². The molecule has 0 aliphatic rings. The molecule has 0 amide bonds. The van der Waals surface area contributed by atoms with Gasteiger partial charge in [-0.3, -0.25) is 9.97 Å². The zero-order valence-corrected chi connectivity index (χ0v) is 15.6. The number of rotatable bonds is 5. The lowest BCUT2D eigenvalue weighted by atomic mass is 9.98. The van der Waals surface area contributed by atoms with Gasteiger partial charge in [-0.25, -0.2) is 4.79 Å². The van der Waals surface area contributed by atoms with Crippen molar-refractivity contribution in [2.45, 2.75) is 20.3 Å². The normalized spacial score (nSPS) is 10.4. The topological polar surface area (TPSA) is 80.8 Å². The highest BCUT2D eigenvalue weighted by molar-refractivity contribution is 5.98. The summed E-state index contributed by atoms with van der Waals surface area (Å²) in [5, 5.41) is 9.74. The second-order valence-electron chi connectivity index (χ2n) is 5.96. The number of ether oxygens (including phenoxy) is 1. The van der Waals surface area contributed by atoms with Gasteiger partial charge in [-0.05, 0) is 18.9 Å². The first-order valence-electron chi connectivity index (χ1n) is 8.77. The molecule has 0 radical (unpaired) electrons. The minimum absolute atomic E-state index is 0.276. The lowest BCUT2D eigenvalue weighted by Crippen LogP contribution is -2.12. The second kappa shape index (κ2) is 7.83. The standard InChI is InChI=1S/C21H20N4O2/c1-4-18-16(12-22)19(20(25(18)3)21(26)27-5-2)15-8-6-14(7-9-15)17-13-23-10-11-24-17/h6-11,13H,4-5H2,1-3H3. The predicted molar refractivity (Wildman–Crippen MR) is 102 cm³/mol. The van der Waals surface area contributed by atoms with Crippen molar-refractivity contribution in [2.24, 2.45) is 7.05 Å². The van der Waals surface area contributed by atoms with Gasteiger partial charge in [0, 0.05) is 36.3 Å². The first kappa shape index (κ1) is 18.3. The van der Waals surface area contributed by atoms with Crippen LogP contribution in [0.3, 0.4) is 0 Å². The minimum Gasteiger partial charge on any atom is -0.461 e. The number of nitrogens with zero attached hydrogens (tertiary/aromatic N) is 4. The molecule has 0 N–H and O–H groups in total. The summed E-state index contributed by atoms with van der Waals surface area (Å²) in [5.74, 6) is -0.427. The van der Waals surface area contributed by atoms with Gasteiger partial charge in [-0.15, -0.1) is 0 Å². The Kier molecular flexibility index (Phi) is 5.32. The van der Waals surface area contributed by atoms with Crippen molar-refractivity contribution in [3.8, 4) is 28.5 Å². The molecule has 0 spiro atoms. The summed E-state index contributed by atoms with van der Waals surface area (Å²) in [6.45, 7) is 4.01. The Hall–Kier alpha value is -3.46. The third-order valence-electron chi connectivity index (χ3n) is 4.46. The van der Waals surface area contributed by atoms with Crippen molar-refractivity contribution >= 4 is 5.97 Å². The van der Waals surface area contributed by atoms with E-state index < -0.39 is 5.97 Å². The van der Waals surface area contributed by atoms with E-state index in [0.717, 1.165) is 22.5 Å². The molecular formula is C21H20N4O2. The van der Waals surface area contributed by atoms with E-state index in [2.05, 4.69) is 16.0 Å². The van der Waals surface area contributed by atoms with Crippen molar-refractivity contribution in [2.75, 3.05) is 6.61 Å². The summed E-state index contributed by atoms with van der Waals surface area (Å²) in [6.07, 6.45) is 5.60. The summed E-state index contributed by atoms with van der Waals surface area (Å²) >= 11 is 0. The van der Waals surface area contributed by atoms with Gasteiger partial charge in [-0.1, -0.05) is 31.2 Å². The minimum atomic E-state index is -0.427. The quantitative estimate of drug-likeness (QED) is 0.647. The lowest BCUT2D eigenvalue weighted by Gasteiger charge is -2.08. The van der Waals surface area contributed by atoms with Crippen LogP contribution in [-0.4, -0.2) is 27.1 Å². The number of carbonyl (C=O) groups excluding carboxylic acids is 1. The van der Waals surface area contributed by atoms with E-state index in [4.69, 9.17) is 4.74 Å². The summed E-state index contributed by atoms with van der Waals surface area (Å²) in [6, 6.07) is 9.87. The molecule has 0 saturated heterocycles. The van der Waals surface area contributed by atoms with Gasteiger partial charge < -0.3 is 9.30 Å². The van der Waals surface area contributed by atoms with E-state index in [1.54, 1.807) is 37.1 Å².